The minimum Gasteiger partial charge on any atom is -0.496 e. The SMILES string of the molecule is CC=C(C)C(=O)O[C@H](c1cc2ccc(=O)oc2cc1OC)[C@H](O)C(C)(C)O. The van der Waals surface area contributed by atoms with Crippen molar-refractivity contribution in [2.24, 2.45) is 0 Å². The normalized spacial score (nSPS) is 14.7. The van der Waals surface area contributed by atoms with E-state index in [0.717, 1.165) is 0 Å². The zero-order chi connectivity index (χ0) is 20.4. The lowest BCUT2D eigenvalue weighted by Crippen LogP contribution is -2.42. The molecule has 0 aliphatic rings. The number of hydrogen-bond acceptors (Lipinski definition) is 7. The van der Waals surface area contributed by atoms with E-state index in [-0.39, 0.29) is 11.3 Å². The molecule has 0 saturated heterocycles. The van der Waals surface area contributed by atoms with Crippen molar-refractivity contribution in [3.05, 3.63) is 51.9 Å². The van der Waals surface area contributed by atoms with Crippen molar-refractivity contribution >= 4 is 16.9 Å². The highest BCUT2D eigenvalue weighted by molar-refractivity contribution is 5.88. The van der Waals surface area contributed by atoms with Crippen LogP contribution in [0.5, 0.6) is 5.75 Å². The molecule has 0 fully saturated rings. The van der Waals surface area contributed by atoms with Gasteiger partial charge in [0.25, 0.3) is 0 Å². The van der Waals surface area contributed by atoms with Crippen LogP contribution in [0.3, 0.4) is 0 Å². The summed E-state index contributed by atoms with van der Waals surface area (Å²) in [4.78, 5) is 23.8. The Balaban J connectivity index is 2.64. The van der Waals surface area contributed by atoms with Crippen molar-refractivity contribution in [3.8, 4) is 5.75 Å². The summed E-state index contributed by atoms with van der Waals surface area (Å²) in [5, 5.41) is 21.5. The second-order valence-corrected chi connectivity index (χ2v) is 6.78. The van der Waals surface area contributed by atoms with E-state index in [1.165, 1.54) is 33.1 Å². The third-order valence-corrected chi connectivity index (χ3v) is 4.28. The standard InChI is InChI=1S/C20H24O7/c1-6-11(2)19(23)27-17(18(22)20(3,4)24)13-9-12-7-8-16(21)26-14(12)10-15(13)25-5/h6-10,17-18,22,24H,1-5H3/t17-,18+/m1/s1. The average molecular weight is 376 g/mol. The van der Waals surface area contributed by atoms with Crippen LogP contribution in [0, 0.1) is 0 Å². The molecule has 0 amide bonds. The molecule has 7 heteroatoms. The Kier molecular flexibility index (Phi) is 6.08. The van der Waals surface area contributed by atoms with Crippen molar-refractivity contribution in [2.75, 3.05) is 7.11 Å². The highest BCUT2D eigenvalue weighted by Crippen LogP contribution is 2.37. The maximum Gasteiger partial charge on any atom is 0.336 e. The summed E-state index contributed by atoms with van der Waals surface area (Å²) in [6.45, 7) is 6.10. The van der Waals surface area contributed by atoms with Gasteiger partial charge in [-0.25, -0.2) is 9.59 Å². The number of esters is 1. The number of ether oxygens (including phenoxy) is 2. The van der Waals surface area contributed by atoms with Gasteiger partial charge in [-0.1, -0.05) is 6.08 Å². The summed E-state index contributed by atoms with van der Waals surface area (Å²) in [5.74, 6) is -0.386. The van der Waals surface area contributed by atoms with Crippen LogP contribution >= 0.6 is 0 Å². The Morgan fingerprint density at radius 3 is 2.52 bits per heavy atom. The Bertz CT molecular complexity index is 918. The Morgan fingerprint density at radius 1 is 1.30 bits per heavy atom. The van der Waals surface area contributed by atoms with Crippen LogP contribution < -0.4 is 10.4 Å². The monoisotopic (exact) mass is 376 g/mol. The highest BCUT2D eigenvalue weighted by atomic mass is 16.6. The summed E-state index contributed by atoms with van der Waals surface area (Å²) >= 11 is 0. The van der Waals surface area contributed by atoms with Gasteiger partial charge >= 0.3 is 11.6 Å². The van der Waals surface area contributed by atoms with Crippen molar-refractivity contribution in [2.45, 2.75) is 45.5 Å². The highest BCUT2D eigenvalue weighted by Gasteiger charge is 2.38. The second-order valence-electron chi connectivity index (χ2n) is 6.78. The van der Waals surface area contributed by atoms with Crippen LogP contribution in [0.1, 0.15) is 39.4 Å². The summed E-state index contributed by atoms with van der Waals surface area (Å²) in [6.07, 6.45) is -1.06. The summed E-state index contributed by atoms with van der Waals surface area (Å²) < 4.78 is 16.0. The lowest BCUT2D eigenvalue weighted by Gasteiger charge is -2.32. The molecule has 0 bridgehead atoms. The fraction of sp³-hybridized carbons (Fsp3) is 0.400. The van der Waals surface area contributed by atoms with Crippen LogP contribution in [-0.2, 0) is 9.53 Å². The molecule has 0 saturated carbocycles. The van der Waals surface area contributed by atoms with Crippen LogP contribution in [0.25, 0.3) is 11.0 Å². The molecule has 2 atom stereocenters. The molecule has 146 valence electrons. The zero-order valence-corrected chi connectivity index (χ0v) is 16.0. The van der Waals surface area contributed by atoms with E-state index in [9.17, 15) is 19.8 Å². The fourth-order valence-electron chi connectivity index (χ4n) is 2.51. The van der Waals surface area contributed by atoms with Crippen molar-refractivity contribution in [1.82, 2.24) is 0 Å². The molecule has 0 aliphatic heterocycles. The quantitative estimate of drug-likeness (QED) is 0.453. The van der Waals surface area contributed by atoms with E-state index in [1.807, 2.05) is 0 Å². The van der Waals surface area contributed by atoms with Gasteiger partial charge in [-0.2, -0.15) is 0 Å². The second kappa shape index (κ2) is 7.94. The fourth-order valence-corrected chi connectivity index (χ4v) is 2.51. The Labute approximate surface area is 156 Å². The summed E-state index contributed by atoms with van der Waals surface area (Å²) in [7, 11) is 1.40. The molecule has 2 N–H and O–H groups in total. The molecular weight excluding hydrogens is 352 g/mol. The van der Waals surface area contributed by atoms with Crippen molar-refractivity contribution in [3.63, 3.8) is 0 Å². The first-order valence-electron chi connectivity index (χ1n) is 8.44. The molecule has 1 heterocycles. The molecule has 7 nitrogen and oxygen atoms in total. The number of rotatable bonds is 6. The van der Waals surface area contributed by atoms with Gasteiger partial charge in [0.15, 0.2) is 6.10 Å². The van der Waals surface area contributed by atoms with E-state index in [4.69, 9.17) is 13.9 Å². The van der Waals surface area contributed by atoms with Crippen molar-refractivity contribution in [1.29, 1.82) is 0 Å². The molecule has 2 rings (SSSR count). The van der Waals surface area contributed by atoms with E-state index in [0.29, 0.717) is 16.5 Å². The zero-order valence-electron chi connectivity index (χ0n) is 16.0. The number of methoxy groups -OCH3 is 1. The first-order valence-corrected chi connectivity index (χ1v) is 8.44. The van der Waals surface area contributed by atoms with Gasteiger partial charge in [-0.05, 0) is 39.8 Å². The summed E-state index contributed by atoms with van der Waals surface area (Å²) in [6, 6.07) is 5.88. The molecule has 0 unspecified atom stereocenters. The van der Waals surface area contributed by atoms with Gasteiger partial charge in [0, 0.05) is 28.7 Å². The minimum atomic E-state index is -1.56. The van der Waals surface area contributed by atoms with Crippen LogP contribution in [0.15, 0.2) is 45.1 Å². The van der Waals surface area contributed by atoms with Gasteiger partial charge in [-0.15, -0.1) is 0 Å². The topological polar surface area (TPSA) is 106 Å². The lowest BCUT2D eigenvalue weighted by atomic mass is 9.91. The number of fused-ring (bicyclic) bond motifs is 1. The predicted octanol–water partition coefficient (Wildman–Crippen LogP) is 2.48. The number of aliphatic hydroxyl groups excluding tert-OH is 1. The van der Waals surface area contributed by atoms with E-state index in [1.54, 1.807) is 32.1 Å². The third kappa shape index (κ3) is 4.56. The van der Waals surface area contributed by atoms with Gasteiger partial charge in [-0.3, -0.25) is 0 Å². The molecule has 2 aromatic rings. The number of allylic oxidation sites excluding steroid dienone is 1. The smallest absolute Gasteiger partial charge is 0.336 e. The first kappa shape index (κ1) is 20.7. The van der Waals surface area contributed by atoms with Crippen molar-refractivity contribution < 1.29 is 28.9 Å². The number of hydrogen-bond donors (Lipinski definition) is 2. The van der Waals surface area contributed by atoms with E-state index in [2.05, 4.69) is 0 Å². The van der Waals surface area contributed by atoms with Gasteiger partial charge < -0.3 is 24.1 Å². The molecule has 0 aliphatic carbocycles. The minimum absolute atomic E-state index is 0.246. The largest absolute Gasteiger partial charge is 0.496 e. The maximum atomic E-state index is 12.3. The van der Waals surface area contributed by atoms with E-state index < -0.39 is 29.4 Å². The molecule has 1 aromatic carbocycles. The number of aliphatic hydroxyl groups is 2. The molecular formula is C20H24O7. The third-order valence-electron chi connectivity index (χ3n) is 4.28. The van der Waals surface area contributed by atoms with Gasteiger partial charge in [0.05, 0.1) is 12.7 Å². The summed E-state index contributed by atoms with van der Waals surface area (Å²) in [5.41, 5.74) is -1.09. The average Bonchev–Trinajstić information content (AvgIpc) is 2.62. The van der Waals surface area contributed by atoms with Crippen LogP contribution in [0.4, 0.5) is 0 Å². The maximum absolute atomic E-state index is 12.3. The number of carbonyl (C=O) groups excluding carboxylic acids is 1. The van der Waals surface area contributed by atoms with Gasteiger partial charge in [0.2, 0.25) is 0 Å². The Hall–Kier alpha value is -2.64. The predicted molar refractivity (Wildman–Crippen MR) is 99.6 cm³/mol. The number of benzene rings is 1. The van der Waals surface area contributed by atoms with E-state index >= 15 is 0 Å². The van der Waals surface area contributed by atoms with Gasteiger partial charge in [0.1, 0.15) is 17.4 Å². The van der Waals surface area contributed by atoms with Crippen LogP contribution in [0.2, 0.25) is 0 Å². The van der Waals surface area contributed by atoms with Crippen LogP contribution in [-0.4, -0.2) is 35.0 Å². The molecule has 0 spiro atoms. The number of carbonyl (C=O) groups is 1. The molecule has 27 heavy (non-hydrogen) atoms. The Morgan fingerprint density at radius 2 is 1.96 bits per heavy atom. The first-order chi connectivity index (χ1) is 12.6. The lowest BCUT2D eigenvalue weighted by molar-refractivity contribution is -0.163. The molecule has 0 radical (unpaired) electrons. The molecule has 1 aromatic heterocycles.